The van der Waals surface area contributed by atoms with Gasteiger partial charge in [-0.3, -0.25) is 4.90 Å². The summed E-state index contributed by atoms with van der Waals surface area (Å²) >= 11 is 0. The lowest BCUT2D eigenvalue weighted by atomic mass is 10.1. The minimum absolute atomic E-state index is 0.368. The number of hydrogen-bond acceptors (Lipinski definition) is 7. The molecule has 28 heavy (non-hydrogen) atoms. The zero-order chi connectivity index (χ0) is 19.5. The van der Waals surface area contributed by atoms with E-state index in [9.17, 15) is 0 Å². The summed E-state index contributed by atoms with van der Waals surface area (Å²) in [5.41, 5.74) is 9.20. The molecule has 4 N–H and O–H groups in total. The Kier molecular flexibility index (Phi) is 5.73. The maximum atomic E-state index is 6.05. The average Bonchev–Trinajstić information content (AvgIpc) is 3.28. The first-order valence-electron chi connectivity index (χ1n) is 10.3. The molecule has 0 aliphatic carbocycles. The van der Waals surface area contributed by atoms with E-state index in [2.05, 4.69) is 63.7 Å². The lowest BCUT2D eigenvalue weighted by molar-refractivity contribution is 0.0388. The van der Waals surface area contributed by atoms with Crippen LogP contribution in [0.4, 0.5) is 5.69 Å². The number of likely N-dealkylation sites (tertiary alicyclic amines) is 1. The highest BCUT2D eigenvalue weighted by Crippen LogP contribution is 2.33. The van der Waals surface area contributed by atoms with Crippen LogP contribution < -0.4 is 21.3 Å². The van der Waals surface area contributed by atoms with E-state index in [1.807, 2.05) is 0 Å². The van der Waals surface area contributed by atoms with Crippen LogP contribution in [-0.2, 0) is 11.3 Å². The molecule has 3 aliphatic rings. The third-order valence-electron chi connectivity index (χ3n) is 5.93. The molecule has 7 heteroatoms. The van der Waals surface area contributed by atoms with Crippen LogP contribution in [0, 0.1) is 0 Å². The van der Waals surface area contributed by atoms with Gasteiger partial charge in [-0.15, -0.1) is 0 Å². The smallest absolute Gasteiger partial charge is 0.226 e. The normalized spacial score (nSPS) is 26.8. The van der Waals surface area contributed by atoms with Gasteiger partial charge in [-0.2, -0.15) is 0 Å². The van der Waals surface area contributed by atoms with Crippen molar-refractivity contribution >= 4 is 11.9 Å². The number of fused-ring (bicyclic) bond motifs is 2. The number of rotatable bonds is 8. The van der Waals surface area contributed by atoms with Crippen LogP contribution in [0.15, 0.2) is 40.8 Å². The Hall–Kier alpha value is -2.25. The molecule has 3 aliphatic heterocycles. The van der Waals surface area contributed by atoms with Gasteiger partial charge in [0.05, 0.1) is 18.5 Å². The lowest BCUT2D eigenvalue weighted by Crippen LogP contribution is -2.44. The molecule has 2 fully saturated rings. The van der Waals surface area contributed by atoms with Gasteiger partial charge in [-0.25, -0.2) is 4.99 Å². The third kappa shape index (κ3) is 4.10. The summed E-state index contributed by atoms with van der Waals surface area (Å²) in [5, 5.41) is 6.60. The van der Waals surface area contributed by atoms with Gasteiger partial charge in [0, 0.05) is 37.4 Å². The van der Waals surface area contributed by atoms with Crippen molar-refractivity contribution < 1.29 is 4.74 Å². The van der Waals surface area contributed by atoms with E-state index < -0.39 is 0 Å². The molecule has 0 spiro atoms. The van der Waals surface area contributed by atoms with Crippen molar-refractivity contribution in [2.45, 2.75) is 51.2 Å². The molecule has 0 aromatic heterocycles. The molecule has 1 aromatic carbocycles. The van der Waals surface area contributed by atoms with Crippen molar-refractivity contribution in [3.8, 4) is 0 Å². The molecule has 4 rings (SSSR count). The number of hydrogen-bond donors (Lipinski definition) is 3. The van der Waals surface area contributed by atoms with E-state index >= 15 is 0 Å². The summed E-state index contributed by atoms with van der Waals surface area (Å²) in [6.45, 7) is 5.85. The number of aliphatic imine (C=N–C) groups is 1. The van der Waals surface area contributed by atoms with Crippen LogP contribution in [-0.4, -0.2) is 56.3 Å². The summed E-state index contributed by atoms with van der Waals surface area (Å²) in [4.78, 5) is 9.32. The molecule has 1 aromatic rings. The number of likely N-dealkylation sites (N-methyl/N-ethyl adjacent to an activating group) is 1. The van der Waals surface area contributed by atoms with E-state index in [0.717, 1.165) is 25.2 Å². The van der Waals surface area contributed by atoms with E-state index in [0.29, 0.717) is 30.9 Å². The summed E-state index contributed by atoms with van der Waals surface area (Å²) in [6.07, 6.45) is 4.72. The first-order chi connectivity index (χ1) is 13.6. The summed E-state index contributed by atoms with van der Waals surface area (Å²) in [6, 6.07) is 10.2. The molecule has 0 radical (unpaired) electrons. The van der Waals surface area contributed by atoms with Crippen molar-refractivity contribution in [1.82, 2.24) is 15.5 Å². The van der Waals surface area contributed by atoms with Gasteiger partial charge in [-0.05, 0) is 37.6 Å². The number of piperazine rings is 1. The summed E-state index contributed by atoms with van der Waals surface area (Å²) in [5.74, 6) is 0.778. The number of allylic oxidation sites excluding steroid dienone is 1. The number of anilines is 1. The fraction of sp³-hybridized carbons (Fsp3) is 0.571. The fourth-order valence-electron chi connectivity index (χ4n) is 4.21. The maximum absolute atomic E-state index is 6.05. The van der Waals surface area contributed by atoms with Crippen LogP contribution in [0.1, 0.15) is 31.7 Å². The van der Waals surface area contributed by atoms with Crippen LogP contribution in [0.5, 0.6) is 0 Å². The van der Waals surface area contributed by atoms with Crippen LogP contribution in [0.25, 0.3) is 0 Å². The molecule has 0 amide bonds. The number of benzene rings is 1. The molecule has 152 valence electrons. The van der Waals surface area contributed by atoms with Gasteiger partial charge in [0.15, 0.2) is 0 Å². The number of nitrogens with two attached hydrogens (primary N) is 1. The number of unbranched alkanes of at least 4 members (excludes halogenated alkanes) is 1. The van der Waals surface area contributed by atoms with Crippen molar-refractivity contribution in [2.24, 2.45) is 10.7 Å². The molecule has 2 saturated heterocycles. The second-order valence-corrected chi connectivity index (χ2v) is 7.98. The minimum atomic E-state index is -0.368. The molecule has 3 unspecified atom stereocenters. The topological polar surface area (TPSA) is 78.2 Å². The quantitative estimate of drug-likeness (QED) is 0.591. The Balaban J connectivity index is 1.30. The summed E-state index contributed by atoms with van der Waals surface area (Å²) in [7, 11) is 2.24. The zero-order valence-corrected chi connectivity index (χ0v) is 16.9. The van der Waals surface area contributed by atoms with Crippen LogP contribution in [0.3, 0.4) is 0 Å². The van der Waals surface area contributed by atoms with E-state index in [-0.39, 0.29) is 6.35 Å². The first kappa shape index (κ1) is 19.1. The summed E-state index contributed by atoms with van der Waals surface area (Å²) < 4.78 is 5.71. The Bertz CT molecular complexity index is 729. The Morgan fingerprint density at radius 1 is 1.25 bits per heavy atom. The van der Waals surface area contributed by atoms with Crippen molar-refractivity contribution in [2.75, 3.05) is 31.6 Å². The van der Waals surface area contributed by atoms with E-state index in [1.54, 1.807) is 6.21 Å². The predicted octanol–water partition coefficient (Wildman–Crippen LogP) is 1.57. The Morgan fingerprint density at radius 2 is 2.07 bits per heavy atom. The fourth-order valence-corrected chi connectivity index (χ4v) is 4.21. The van der Waals surface area contributed by atoms with E-state index in [1.165, 1.54) is 24.2 Å². The van der Waals surface area contributed by atoms with Gasteiger partial charge in [0.25, 0.3) is 0 Å². The average molecular weight is 385 g/mol. The highest BCUT2D eigenvalue weighted by atomic mass is 16.5. The van der Waals surface area contributed by atoms with E-state index in [4.69, 9.17) is 10.5 Å². The highest BCUT2D eigenvalue weighted by Gasteiger charge is 2.41. The zero-order valence-electron chi connectivity index (χ0n) is 16.9. The predicted molar refractivity (Wildman–Crippen MR) is 113 cm³/mol. The first-order valence-corrected chi connectivity index (χ1v) is 10.3. The number of nitrogens with zero attached hydrogens (tertiary/aromatic N) is 3. The Morgan fingerprint density at radius 3 is 2.75 bits per heavy atom. The monoisotopic (exact) mass is 384 g/mol. The third-order valence-corrected chi connectivity index (χ3v) is 5.93. The van der Waals surface area contributed by atoms with Crippen molar-refractivity contribution in [3.63, 3.8) is 0 Å². The van der Waals surface area contributed by atoms with Gasteiger partial charge in [0.1, 0.15) is 5.82 Å². The van der Waals surface area contributed by atoms with Crippen LogP contribution in [0.2, 0.25) is 0 Å². The molecule has 0 saturated carbocycles. The van der Waals surface area contributed by atoms with Gasteiger partial charge < -0.3 is 26.0 Å². The molecule has 2 bridgehead atoms. The number of nitrogens with one attached hydrogen (secondary N) is 2. The molecular weight excluding hydrogens is 352 g/mol. The minimum Gasteiger partial charge on any atom is -0.395 e. The maximum Gasteiger partial charge on any atom is 0.226 e. The molecular formula is C21H32N6O. The lowest BCUT2D eigenvalue weighted by Gasteiger charge is -2.33. The molecule has 3 atom stereocenters. The second-order valence-electron chi connectivity index (χ2n) is 7.98. The van der Waals surface area contributed by atoms with Crippen molar-refractivity contribution in [3.05, 3.63) is 41.3 Å². The van der Waals surface area contributed by atoms with Crippen LogP contribution >= 0.6 is 0 Å². The van der Waals surface area contributed by atoms with Gasteiger partial charge in [-0.1, -0.05) is 25.5 Å². The standard InChI is InChI=1S/C21H32N6O/c1-3-4-9-28-21-24-12-19(22)20(25-21)23-11-15-5-7-16(8-6-15)27-14-17-10-18(27)13-26(17)2/h5-8,12,17-18,21,23,25H,3-4,9-11,13-14,22H2,1-2H3. The largest absolute Gasteiger partial charge is 0.395 e. The van der Waals surface area contributed by atoms with Gasteiger partial charge in [0.2, 0.25) is 6.35 Å². The highest BCUT2D eigenvalue weighted by molar-refractivity contribution is 5.79. The molecule has 3 heterocycles. The number of ether oxygens (including phenoxy) is 1. The van der Waals surface area contributed by atoms with Crippen molar-refractivity contribution in [1.29, 1.82) is 0 Å². The Labute approximate surface area is 167 Å². The van der Waals surface area contributed by atoms with Gasteiger partial charge >= 0.3 is 0 Å². The SMILES string of the molecule is CCCCOC1N=CC(N)=C(NCc2ccc(N3CC4CC3CN4C)cc2)N1. The molecule has 7 nitrogen and oxygen atoms in total. The second kappa shape index (κ2) is 8.41.